The van der Waals surface area contributed by atoms with Crippen LogP contribution >= 0.6 is 23.7 Å². The van der Waals surface area contributed by atoms with Gasteiger partial charge in [-0.1, -0.05) is 6.07 Å². The van der Waals surface area contributed by atoms with Gasteiger partial charge < -0.3 is 10.6 Å². The Labute approximate surface area is 142 Å². The summed E-state index contributed by atoms with van der Waals surface area (Å²) in [4.78, 5) is 16.9. The van der Waals surface area contributed by atoms with E-state index < -0.39 is 11.6 Å². The number of rotatable bonds is 4. The molecule has 23 heavy (non-hydrogen) atoms. The predicted octanol–water partition coefficient (Wildman–Crippen LogP) is 2.98. The number of halogens is 3. The minimum absolute atomic E-state index is 0. The van der Waals surface area contributed by atoms with Crippen LogP contribution in [0.25, 0.3) is 0 Å². The third-order valence-corrected chi connectivity index (χ3v) is 4.51. The van der Waals surface area contributed by atoms with E-state index in [1.807, 2.05) is 0 Å². The molecule has 4 nitrogen and oxygen atoms in total. The number of hydrogen-bond donors (Lipinski definition) is 2. The molecule has 1 saturated heterocycles. The van der Waals surface area contributed by atoms with Crippen LogP contribution in [-0.4, -0.2) is 24.0 Å². The quantitative estimate of drug-likeness (QED) is 0.882. The molecule has 0 bridgehead atoms. The third-order valence-electron chi connectivity index (χ3n) is 3.59. The standard InChI is InChI=1S/C15H15F2N3OS.ClH/c16-11-2-1-9(13(17)6-11)5-12-8-19-15(22-12)20-14(21)10-3-4-18-7-10;/h1-2,6,8,10,18H,3-5,7H2,(H,19,20,21);1H. The molecule has 3 rings (SSSR count). The highest BCUT2D eigenvalue weighted by molar-refractivity contribution is 7.15. The Bertz CT molecular complexity index is 689. The number of aromatic nitrogens is 1. The van der Waals surface area contributed by atoms with Gasteiger partial charge in [-0.3, -0.25) is 4.79 Å². The van der Waals surface area contributed by atoms with Crippen molar-refractivity contribution in [1.29, 1.82) is 0 Å². The van der Waals surface area contributed by atoms with Crippen molar-refractivity contribution < 1.29 is 13.6 Å². The third kappa shape index (κ3) is 4.46. The monoisotopic (exact) mass is 359 g/mol. The van der Waals surface area contributed by atoms with E-state index in [0.717, 1.165) is 23.9 Å². The van der Waals surface area contributed by atoms with Crippen molar-refractivity contribution in [3.05, 3.63) is 46.5 Å². The van der Waals surface area contributed by atoms with Crippen LogP contribution in [0.1, 0.15) is 16.9 Å². The smallest absolute Gasteiger partial charge is 0.230 e. The van der Waals surface area contributed by atoms with Gasteiger partial charge in [0.05, 0.1) is 5.92 Å². The average molecular weight is 360 g/mol. The molecule has 0 radical (unpaired) electrons. The largest absolute Gasteiger partial charge is 0.316 e. The molecule has 1 amide bonds. The fourth-order valence-corrected chi connectivity index (χ4v) is 3.22. The van der Waals surface area contributed by atoms with Crippen molar-refractivity contribution in [2.45, 2.75) is 12.8 Å². The molecule has 1 aromatic carbocycles. The molecular formula is C15H16ClF2N3OS. The lowest BCUT2D eigenvalue weighted by Gasteiger charge is -2.06. The molecule has 2 aromatic rings. The van der Waals surface area contributed by atoms with E-state index in [0.29, 0.717) is 23.7 Å². The Balaban J connectivity index is 0.00000192. The van der Waals surface area contributed by atoms with Crippen LogP contribution in [0.5, 0.6) is 0 Å². The number of nitrogens with zero attached hydrogens (tertiary/aromatic N) is 1. The van der Waals surface area contributed by atoms with E-state index in [4.69, 9.17) is 0 Å². The highest BCUT2D eigenvalue weighted by Crippen LogP contribution is 2.23. The van der Waals surface area contributed by atoms with E-state index in [2.05, 4.69) is 15.6 Å². The molecule has 2 heterocycles. The van der Waals surface area contributed by atoms with Crippen LogP contribution in [0.15, 0.2) is 24.4 Å². The van der Waals surface area contributed by atoms with Crippen LogP contribution in [-0.2, 0) is 11.2 Å². The fourth-order valence-electron chi connectivity index (χ4n) is 2.39. The highest BCUT2D eigenvalue weighted by Gasteiger charge is 2.23. The summed E-state index contributed by atoms with van der Waals surface area (Å²) in [5.41, 5.74) is 0.405. The van der Waals surface area contributed by atoms with Gasteiger partial charge in [-0.15, -0.1) is 23.7 Å². The first-order chi connectivity index (χ1) is 10.6. The Morgan fingerprint density at radius 1 is 1.43 bits per heavy atom. The fraction of sp³-hybridized carbons (Fsp3) is 0.333. The number of hydrogen-bond acceptors (Lipinski definition) is 4. The summed E-state index contributed by atoms with van der Waals surface area (Å²) in [5.74, 6) is -1.24. The number of anilines is 1. The maximum atomic E-state index is 13.6. The van der Waals surface area contributed by atoms with E-state index in [1.165, 1.54) is 23.5 Å². The molecule has 2 N–H and O–H groups in total. The summed E-state index contributed by atoms with van der Waals surface area (Å²) in [6.45, 7) is 1.54. The molecule has 0 saturated carbocycles. The van der Waals surface area contributed by atoms with Gasteiger partial charge in [-0.2, -0.15) is 0 Å². The van der Waals surface area contributed by atoms with Crippen molar-refractivity contribution in [3.8, 4) is 0 Å². The minimum atomic E-state index is -0.594. The van der Waals surface area contributed by atoms with Crippen LogP contribution in [0, 0.1) is 17.6 Å². The number of carbonyl (C=O) groups is 1. The number of amides is 1. The summed E-state index contributed by atoms with van der Waals surface area (Å²) in [6.07, 6.45) is 2.76. The molecule has 1 aliphatic rings. The lowest BCUT2D eigenvalue weighted by molar-refractivity contribution is -0.119. The Hall–Kier alpha value is -1.57. The van der Waals surface area contributed by atoms with Gasteiger partial charge >= 0.3 is 0 Å². The Kier molecular flexibility index (Phi) is 6.04. The van der Waals surface area contributed by atoms with Gasteiger partial charge in [0, 0.05) is 30.1 Å². The molecule has 1 aliphatic heterocycles. The zero-order chi connectivity index (χ0) is 15.5. The molecule has 8 heteroatoms. The second-order valence-electron chi connectivity index (χ2n) is 5.22. The molecule has 1 unspecified atom stereocenters. The van der Waals surface area contributed by atoms with Crippen LogP contribution in [0.3, 0.4) is 0 Å². The SMILES string of the molecule is Cl.O=C(Nc1ncc(Cc2ccc(F)cc2F)s1)C1CCNC1. The van der Waals surface area contributed by atoms with Crippen molar-refractivity contribution >= 4 is 34.8 Å². The van der Waals surface area contributed by atoms with Crippen LogP contribution in [0.4, 0.5) is 13.9 Å². The highest BCUT2D eigenvalue weighted by atomic mass is 35.5. The molecule has 1 aromatic heterocycles. The zero-order valence-corrected chi connectivity index (χ0v) is 13.8. The van der Waals surface area contributed by atoms with E-state index >= 15 is 0 Å². The van der Waals surface area contributed by atoms with Crippen LogP contribution < -0.4 is 10.6 Å². The summed E-state index contributed by atoms with van der Waals surface area (Å²) in [5, 5.41) is 6.43. The van der Waals surface area contributed by atoms with Gasteiger partial charge in [0.2, 0.25) is 5.91 Å². The van der Waals surface area contributed by atoms with Crippen LogP contribution in [0.2, 0.25) is 0 Å². The number of thiazole rings is 1. The molecule has 0 spiro atoms. The number of benzene rings is 1. The lowest BCUT2D eigenvalue weighted by Crippen LogP contribution is -2.24. The van der Waals surface area contributed by atoms with E-state index in [-0.39, 0.29) is 24.2 Å². The zero-order valence-electron chi connectivity index (χ0n) is 12.1. The topological polar surface area (TPSA) is 54.0 Å². The second kappa shape index (κ2) is 7.81. The van der Waals surface area contributed by atoms with Crippen molar-refractivity contribution in [2.24, 2.45) is 5.92 Å². The first kappa shape index (κ1) is 17.8. The Morgan fingerprint density at radius 2 is 2.26 bits per heavy atom. The predicted molar refractivity (Wildman–Crippen MR) is 88.1 cm³/mol. The average Bonchev–Trinajstić information content (AvgIpc) is 3.13. The normalized spacial score (nSPS) is 16.9. The molecular weight excluding hydrogens is 344 g/mol. The van der Waals surface area contributed by atoms with E-state index in [1.54, 1.807) is 6.20 Å². The summed E-state index contributed by atoms with van der Waals surface area (Å²) in [7, 11) is 0. The van der Waals surface area contributed by atoms with Gasteiger partial charge in [0.25, 0.3) is 0 Å². The molecule has 124 valence electrons. The first-order valence-corrected chi connectivity index (χ1v) is 7.83. The maximum Gasteiger partial charge on any atom is 0.230 e. The number of nitrogens with one attached hydrogen (secondary N) is 2. The van der Waals surface area contributed by atoms with Gasteiger partial charge in [0.15, 0.2) is 5.13 Å². The first-order valence-electron chi connectivity index (χ1n) is 7.02. The maximum absolute atomic E-state index is 13.6. The Morgan fingerprint density at radius 3 is 2.96 bits per heavy atom. The van der Waals surface area contributed by atoms with E-state index in [9.17, 15) is 13.6 Å². The van der Waals surface area contributed by atoms with Crippen molar-refractivity contribution in [3.63, 3.8) is 0 Å². The number of carbonyl (C=O) groups excluding carboxylic acids is 1. The second-order valence-corrected chi connectivity index (χ2v) is 6.34. The van der Waals surface area contributed by atoms with Gasteiger partial charge in [-0.05, 0) is 24.6 Å². The molecule has 1 atom stereocenters. The minimum Gasteiger partial charge on any atom is -0.316 e. The summed E-state index contributed by atoms with van der Waals surface area (Å²) in [6, 6.07) is 3.52. The molecule has 0 aliphatic carbocycles. The van der Waals surface area contributed by atoms with Crippen molar-refractivity contribution in [1.82, 2.24) is 10.3 Å². The summed E-state index contributed by atoms with van der Waals surface area (Å²) >= 11 is 1.30. The van der Waals surface area contributed by atoms with Gasteiger partial charge in [0.1, 0.15) is 11.6 Å². The lowest BCUT2D eigenvalue weighted by atomic mass is 10.1. The van der Waals surface area contributed by atoms with Crippen molar-refractivity contribution in [2.75, 3.05) is 18.4 Å². The molecule has 1 fully saturated rings. The summed E-state index contributed by atoms with van der Waals surface area (Å²) < 4.78 is 26.5. The van der Waals surface area contributed by atoms with Gasteiger partial charge in [-0.25, -0.2) is 13.8 Å².